The zero-order chi connectivity index (χ0) is 18.4. The molecule has 0 radical (unpaired) electrons. The monoisotopic (exact) mass is 366 g/mol. The Balaban J connectivity index is 2.28. The minimum atomic E-state index is -3.52. The van der Waals surface area contributed by atoms with E-state index in [1.807, 2.05) is 6.07 Å². The number of nitrogens with zero attached hydrogens (tertiary/aromatic N) is 1. The van der Waals surface area contributed by atoms with Crippen LogP contribution in [-0.4, -0.2) is 37.4 Å². The highest BCUT2D eigenvalue weighted by Gasteiger charge is 2.23. The Labute approximate surface area is 145 Å². The Hall–Kier alpha value is -1.93. The van der Waals surface area contributed by atoms with Gasteiger partial charge in [0.2, 0.25) is 0 Å². The maximum Gasteiger partial charge on any atom is 0.329 e. The van der Waals surface area contributed by atoms with Crippen molar-refractivity contribution >= 4 is 20.7 Å². The number of H-pyrrole nitrogens is 1. The summed E-state index contributed by atoms with van der Waals surface area (Å²) >= 11 is 0. The van der Waals surface area contributed by atoms with E-state index >= 15 is 0 Å². The van der Waals surface area contributed by atoms with E-state index in [1.165, 1.54) is 0 Å². The van der Waals surface area contributed by atoms with Crippen LogP contribution in [0.1, 0.15) is 43.2 Å². The molecule has 8 heteroatoms. The number of hydrogen-bond donors (Lipinski definition) is 1. The number of rotatable bonds is 4. The average molecular weight is 366 g/mol. The molecule has 1 aliphatic heterocycles. The van der Waals surface area contributed by atoms with Crippen molar-refractivity contribution in [3.8, 4) is 0 Å². The fourth-order valence-corrected chi connectivity index (χ4v) is 4.02. The third kappa shape index (κ3) is 3.55. The zero-order valence-electron chi connectivity index (χ0n) is 14.5. The molecule has 0 saturated carbocycles. The average Bonchev–Trinajstić information content (AvgIpc) is 3.03. The number of aromatic amines is 1. The van der Waals surface area contributed by atoms with Crippen LogP contribution in [0.25, 0.3) is 10.9 Å². The summed E-state index contributed by atoms with van der Waals surface area (Å²) in [5.41, 5.74) is 1.24. The summed E-state index contributed by atoms with van der Waals surface area (Å²) in [5.74, 6) is -0.205. The Bertz CT molecular complexity index is 1030. The largest absolute Gasteiger partial charge is 0.381 e. The number of sulfone groups is 1. The van der Waals surface area contributed by atoms with Gasteiger partial charge in [-0.25, -0.2) is 17.8 Å². The van der Waals surface area contributed by atoms with Gasteiger partial charge in [0.25, 0.3) is 5.56 Å². The van der Waals surface area contributed by atoms with E-state index in [-0.39, 0.29) is 11.8 Å². The van der Waals surface area contributed by atoms with Crippen LogP contribution < -0.4 is 11.2 Å². The topological polar surface area (TPSA) is 98.2 Å². The minimum absolute atomic E-state index is 0.205. The number of fused-ring (bicyclic) bond motifs is 1. The van der Waals surface area contributed by atoms with Gasteiger partial charge in [0.1, 0.15) is 5.88 Å². The molecule has 1 aliphatic rings. The first-order valence-corrected chi connectivity index (χ1v) is 10.3. The Morgan fingerprint density at radius 2 is 2.04 bits per heavy atom. The fraction of sp³-hybridized carbons (Fsp3) is 0.529. The highest BCUT2D eigenvalue weighted by atomic mass is 32.2. The number of hydrogen-bond acceptors (Lipinski definition) is 5. The third-order valence-corrected chi connectivity index (χ3v) is 5.27. The molecule has 136 valence electrons. The lowest BCUT2D eigenvalue weighted by molar-refractivity contribution is 0.194. The lowest BCUT2D eigenvalue weighted by Gasteiger charge is -2.18. The maximum atomic E-state index is 12.7. The first-order valence-electron chi connectivity index (χ1n) is 8.23. The predicted molar refractivity (Wildman–Crippen MR) is 95.9 cm³/mol. The molecule has 1 atom stereocenters. The summed E-state index contributed by atoms with van der Waals surface area (Å²) in [7, 11) is -3.52. The van der Waals surface area contributed by atoms with Gasteiger partial charge in [0, 0.05) is 18.8 Å². The second kappa shape index (κ2) is 6.42. The second-order valence-corrected chi connectivity index (χ2v) is 9.07. The van der Waals surface area contributed by atoms with Crippen LogP contribution in [0.3, 0.4) is 0 Å². The fourth-order valence-electron chi connectivity index (χ4n) is 3.32. The van der Waals surface area contributed by atoms with Crippen molar-refractivity contribution in [3.63, 3.8) is 0 Å². The Kier molecular flexibility index (Phi) is 4.59. The van der Waals surface area contributed by atoms with E-state index in [9.17, 15) is 18.0 Å². The molecule has 1 aromatic carbocycles. The van der Waals surface area contributed by atoms with E-state index in [0.717, 1.165) is 28.4 Å². The molecule has 1 aromatic heterocycles. The molecule has 0 bridgehead atoms. The van der Waals surface area contributed by atoms with Gasteiger partial charge in [-0.3, -0.25) is 4.79 Å². The van der Waals surface area contributed by atoms with Crippen LogP contribution in [-0.2, 0) is 20.5 Å². The summed E-state index contributed by atoms with van der Waals surface area (Å²) < 4.78 is 29.3. The van der Waals surface area contributed by atoms with Crippen molar-refractivity contribution in [3.05, 3.63) is 44.1 Å². The van der Waals surface area contributed by atoms with Crippen LogP contribution >= 0.6 is 0 Å². The Morgan fingerprint density at radius 3 is 2.60 bits per heavy atom. The molecule has 1 N–H and O–H groups in total. The lowest BCUT2D eigenvalue weighted by atomic mass is 9.87. The van der Waals surface area contributed by atoms with Crippen LogP contribution in [0.15, 0.2) is 21.7 Å². The SMILES string of the molecule is CC(C)c1cc2[nH]c(=O)n(CS(C)(=O)=O)c(=O)c2cc1C1CCOC1. The van der Waals surface area contributed by atoms with Gasteiger partial charge < -0.3 is 9.72 Å². The summed E-state index contributed by atoms with van der Waals surface area (Å²) in [6.45, 7) is 5.41. The molecule has 25 heavy (non-hydrogen) atoms. The van der Waals surface area contributed by atoms with E-state index in [0.29, 0.717) is 24.1 Å². The van der Waals surface area contributed by atoms with Gasteiger partial charge in [-0.05, 0) is 35.6 Å². The number of nitrogens with one attached hydrogen (secondary N) is 1. The molecule has 0 amide bonds. The summed E-state index contributed by atoms with van der Waals surface area (Å²) in [6.07, 6.45) is 1.87. The minimum Gasteiger partial charge on any atom is -0.381 e. The molecule has 2 aromatic rings. The van der Waals surface area contributed by atoms with Gasteiger partial charge in [-0.2, -0.15) is 0 Å². The predicted octanol–water partition coefficient (Wildman–Crippen LogP) is 1.32. The summed E-state index contributed by atoms with van der Waals surface area (Å²) in [4.78, 5) is 27.5. The molecule has 2 heterocycles. The van der Waals surface area contributed by atoms with Gasteiger partial charge in [0.05, 0.1) is 17.5 Å². The van der Waals surface area contributed by atoms with Crippen molar-refractivity contribution in [1.82, 2.24) is 9.55 Å². The van der Waals surface area contributed by atoms with Gasteiger partial charge >= 0.3 is 5.69 Å². The third-order valence-electron chi connectivity index (χ3n) is 4.54. The van der Waals surface area contributed by atoms with Crippen molar-refractivity contribution in [2.75, 3.05) is 19.5 Å². The van der Waals surface area contributed by atoms with Crippen molar-refractivity contribution in [2.24, 2.45) is 0 Å². The Morgan fingerprint density at radius 1 is 1.32 bits per heavy atom. The van der Waals surface area contributed by atoms with E-state index < -0.39 is 27.0 Å². The summed E-state index contributed by atoms with van der Waals surface area (Å²) in [5, 5.41) is 0.328. The van der Waals surface area contributed by atoms with Gasteiger partial charge in [0.15, 0.2) is 9.84 Å². The van der Waals surface area contributed by atoms with E-state index in [2.05, 4.69) is 18.8 Å². The van der Waals surface area contributed by atoms with E-state index in [1.54, 1.807) is 6.07 Å². The van der Waals surface area contributed by atoms with E-state index in [4.69, 9.17) is 4.74 Å². The quantitative estimate of drug-likeness (QED) is 0.880. The zero-order valence-corrected chi connectivity index (χ0v) is 15.4. The van der Waals surface area contributed by atoms with Crippen LogP contribution in [0, 0.1) is 0 Å². The summed E-state index contributed by atoms with van der Waals surface area (Å²) in [6, 6.07) is 3.63. The van der Waals surface area contributed by atoms with Gasteiger partial charge in [-0.1, -0.05) is 13.8 Å². The highest BCUT2D eigenvalue weighted by molar-refractivity contribution is 7.89. The van der Waals surface area contributed by atoms with Crippen molar-refractivity contribution < 1.29 is 13.2 Å². The smallest absolute Gasteiger partial charge is 0.329 e. The molecule has 0 aliphatic carbocycles. The molecule has 3 rings (SSSR count). The second-order valence-electron chi connectivity index (χ2n) is 6.96. The molecule has 1 unspecified atom stereocenters. The molecular weight excluding hydrogens is 344 g/mol. The first-order chi connectivity index (χ1) is 11.7. The molecule has 1 saturated heterocycles. The van der Waals surface area contributed by atoms with Crippen LogP contribution in [0.2, 0.25) is 0 Å². The van der Waals surface area contributed by atoms with Crippen molar-refractivity contribution in [1.29, 1.82) is 0 Å². The lowest BCUT2D eigenvalue weighted by Crippen LogP contribution is -2.37. The molecular formula is C17H22N2O5S. The van der Waals surface area contributed by atoms with Gasteiger partial charge in [-0.15, -0.1) is 0 Å². The number of benzene rings is 1. The van der Waals surface area contributed by atoms with Crippen molar-refractivity contribution in [2.45, 2.75) is 38.0 Å². The molecule has 1 fully saturated rings. The standard InChI is InChI=1S/C17H22N2O5S/c1-10(2)12-7-15-14(6-13(12)11-4-5-24-8-11)16(20)19(17(21)18-15)9-25(3,22)23/h6-7,10-11H,4-5,8-9H2,1-3H3,(H,18,21). The number of aromatic nitrogens is 2. The molecule has 7 nitrogen and oxygen atoms in total. The highest BCUT2D eigenvalue weighted by Crippen LogP contribution is 2.33. The number of ether oxygens (including phenoxy) is 1. The first kappa shape index (κ1) is 17.9. The van der Waals surface area contributed by atoms with Crippen LogP contribution in [0.4, 0.5) is 0 Å². The molecule has 0 spiro atoms. The van der Waals surface area contributed by atoms with Crippen LogP contribution in [0.5, 0.6) is 0 Å². The maximum absolute atomic E-state index is 12.7. The normalized spacial score (nSPS) is 18.3.